The molecule has 0 radical (unpaired) electrons. The summed E-state index contributed by atoms with van der Waals surface area (Å²) in [5.74, 6) is 2.91. The van der Waals surface area contributed by atoms with Gasteiger partial charge >= 0.3 is 0 Å². The Labute approximate surface area is 99.0 Å². The molecule has 1 aliphatic carbocycles. The van der Waals surface area contributed by atoms with Crippen molar-refractivity contribution in [3.8, 4) is 11.7 Å². The van der Waals surface area contributed by atoms with Crippen molar-refractivity contribution in [3.63, 3.8) is 0 Å². The summed E-state index contributed by atoms with van der Waals surface area (Å²) in [6, 6.07) is 3.62. The minimum absolute atomic E-state index is 0.298. The van der Waals surface area contributed by atoms with Gasteiger partial charge in [-0.2, -0.15) is 4.98 Å². The van der Waals surface area contributed by atoms with Gasteiger partial charge in [0.2, 0.25) is 0 Å². The summed E-state index contributed by atoms with van der Waals surface area (Å²) < 4.78 is 10.7. The molecular weight excluding hydrogens is 218 g/mol. The molecule has 1 saturated carbocycles. The number of rotatable bonds is 3. The molecule has 0 spiro atoms. The van der Waals surface area contributed by atoms with Gasteiger partial charge in [0.1, 0.15) is 5.76 Å². The average Bonchev–Trinajstić information content (AvgIpc) is 2.81. The van der Waals surface area contributed by atoms with Gasteiger partial charge in [0.25, 0.3) is 5.89 Å². The third-order valence-corrected chi connectivity index (χ3v) is 3.34. The van der Waals surface area contributed by atoms with Crippen LogP contribution in [0, 0.1) is 5.41 Å². The van der Waals surface area contributed by atoms with Crippen LogP contribution >= 0.6 is 0 Å². The molecule has 2 N–H and O–H groups in total. The molecule has 0 aliphatic heterocycles. The minimum atomic E-state index is 0.298. The molecule has 1 aliphatic rings. The van der Waals surface area contributed by atoms with E-state index >= 15 is 0 Å². The zero-order valence-corrected chi connectivity index (χ0v) is 9.93. The summed E-state index contributed by atoms with van der Waals surface area (Å²) in [6.45, 7) is 4.77. The van der Waals surface area contributed by atoms with Crippen LogP contribution in [0.1, 0.15) is 37.8 Å². The van der Waals surface area contributed by atoms with Crippen LogP contribution < -0.4 is 5.73 Å². The smallest absolute Gasteiger partial charge is 0.293 e. The van der Waals surface area contributed by atoms with Gasteiger partial charge in [0.05, 0.1) is 6.54 Å². The van der Waals surface area contributed by atoms with E-state index in [2.05, 4.69) is 24.0 Å². The molecule has 0 amide bonds. The summed E-state index contributed by atoms with van der Waals surface area (Å²) in [7, 11) is 0. The molecule has 5 heteroatoms. The van der Waals surface area contributed by atoms with Gasteiger partial charge in [-0.05, 0) is 24.0 Å². The Balaban J connectivity index is 1.85. The minimum Gasteiger partial charge on any atom is -0.455 e. The highest BCUT2D eigenvalue weighted by molar-refractivity contribution is 5.44. The lowest BCUT2D eigenvalue weighted by Gasteiger charge is -1.95. The molecule has 0 aromatic carbocycles. The fourth-order valence-corrected chi connectivity index (χ4v) is 1.99. The Morgan fingerprint density at radius 2 is 2.24 bits per heavy atom. The normalized spacial score (nSPS) is 21.7. The van der Waals surface area contributed by atoms with Gasteiger partial charge in [0.15, 0.2) is 11.6 Å². The molecule has 3 rings (SSSR count). The molecular formula is C12H15N3O2. The van der Waals surface area contributed by atoms with Crippen molar-refractivity contribution in [2.24, 2.45) is 11.1 Å². The van der Waals surface area contributed by atoms with E-state index in [1.807, 2.05) is 6.07 Å². The standard InChI is InChI=1S/C12H15N3O2/c1-12(2)5-8(12)10-14-11(17-15-10)9-4-3-7(6-13)16-9/h3-4,8H,5-6,13H2,1-2H3. The van der Waals surface area contributed by atoms with E-state index in [1.54, 1.807) is 6.07 Å². The van der Waals surface area contributed by atoms with E-state index in [0.717, 1.165) is 12.2 Å². The van der Waals surface area contributed by atoms with Gasteiger partial charge < -0.3 is 14.7 Å². The Kier molecular flexibility index (Phi) is 2.13. The van der Waals surface area contributed by atoms with Crippen molar-refractivity contribution in [3.05, 3.63) is 23.7 Å². The number of nitrogens with two attached hydrogens (primary N) is 1. The Morgan fingerprint density at radius 3 is 2.82 bits per heavy atom. The van der Waals surface area contributed by atoms with Crippen LogP contribution in [-0.2, 0) is 6.54 Å². The van der Waals surface area contributed by atoms with Crippen LogP contribution in [0.15, 0.2) is 21.1 Å². The largest absolute Gasteiger partial charge is 0.455 e. The molecule has 0 bridgehead atoms. The highest BCUT2D eigenvalue weighted by Gasteiger charge is 2.49. The highest BCUT2D eigenvalue weighted by Crippen LogP contribution is 2.57. The van der Waals surface area contributed by atoms with Gasteiger partial charge in [-0.25, -0.2) is 0 Å². The van der Waals surface area contributed by atoms with Crippen molar-refractivity contribution in [2.45, 2.75) is 32.7 Å². The Hall–Kier alpha value is -1.62. The summed E-state index contributed by atoms with van der Waals surface area (Å²) in [5.41, 5.74) is 5.78. The Bertz CT molecular complexity index is 541. The maximum atomic E-state index is 5.48. The highest BCUT2D eigenvalue weighted by atomic mass is 16.5. The van der Waals surface area contributed by atoms with Crippen LogP contribution in [0.5, 0.6) is 0 Å². The van der Waals surface area contributed by atoms with Crippen LogP contribution in [-0.4, -0.2) is 10.1 Å². The van der Waals surface area contributed by atoms with E-state index in [0.29, 0.717) is 35.3 Å². The molecule has 1 atom stereocenters. The maximum Gasteiger partial charge on any atom is 0.293 e. The quantitative estimate of drug-likeness (QED) is 0.880. The van der Waals surface area contributed by atoms with E-state index < -0.39 is 0 Å². The van der Waals surface area contributed by atoms with E-state index in [9.17, 15) is 0 Å². The molecule has 2 aromatic rings. The molecule has 2 heterocycles. The molecule has 5 nitrogen and oxygen atoms in total. The maximum absolute atomic E-state index is 5.48. The number of nitrogens with zero attached hydrogens (tertiary/aromatic N) is 2. The van der Waals surface area contributed by atoms with Crippen molar-refractivity contribution in [2.75, 3.05) is 0 Å². The summed E-state index contributed by atoms with van der Waals surface area (Å²) in [6.07, 6.45) is 1.11. The average molecular weight is 233 g/mol. The predicted octanol–water partition coefficient (Wildman–Crippen LogP) is 2.30. The van der Waals surface area contributed by atoms with Gasteiger partial charge in [-0.3, -0.25) is 0 Å². The summed E-state index contributed by atoms with van der Waals surface area (Å²) in [4.78, 5) is 4.37. The van der Waals surface area contributed by atoms with Crippen LogP contribution in [0.4, 0.5) is 0 Å². The lowest BCUT2D eigenvalue weighted by molar-refractivity contribution is 0.403. The summed E-state index contributed by atoms with van der Waals surface area (Å²) >= 11 is 0. The second-order valence-electron chi connectivity index (χ2n) is 5.17. The first kappa shape index (κ1) is 10.5. The zero-order chi connectivity index (χ0) is 12.0. The second kappa shape index (κ2) is 3.43. The van der Waals surface area contributed by atoms with Crippen molar-refractivity contribution < 1.29 is 8.94 Å². The van der Waals surface area contributed by atoms with Crippen LogP contribution in [0.25, 0.3) is 11.7 Å². The van der Waals surface area contributed by atoms with E-state index in [-0.39, 0.29) is 0 Å². The van der Waals surface area contributed by atoms with E-state index in [1.165, 1.54) is 0 Å². The van der Waals surface area contributed by atoms with Gasteiger partial charge in [-0.1, -0.05) is 19.0 Å². The number of aromatic nitrogens is 2. The number of furan rings is 1. The summed E-state index contributed by atoms with van der Waals surface area (Å²) in [5, 5.41) is 4.01. The molecule has 0 saturated heterocycles. The second-order valence-corrected chi connectivity index (χ2v) is 5.17. The zero-order valence-electron chi connectivity index (χ0n) is 9.93. The van der Waals surface area contributed by atoms with Crippen molar-refractivity contribution >= 4 is 0 Å². The number of hydrogen-bond donors (Lipinski definition) is 1. The molecule has 2 aromatic heterocycles. The van der Waals surface area contributed by atoms with Crippen molar-refractivity contribution in [1.82, 2.24) is 10.1 Å². The third-order valence-electron chi connectivity index (χ3n) is 3.34. The number of hydrogen-bond acceptors (Lipinski definition) is 5. The molecule has 1 unspecified atom stereocenters. The van der Waals surface area contributed by atoms with Gasteiger partial charge in [-0.15, -0.1) is 0 Å². The van der Waals surface area contributed by atoms with Crippen LogP contribution in [0.3, 0.4) is 0 Å². The van der Waals surface area contributed by atoms with Crippen LogP contribution in [0.2, 0.25) is 0 Å². The first-order valence-corrected chi connectivity index (χ1v) is 5.73. The van der Waals surface area contributed by atoms with E-state index in [4.69, 9.17) is 14.7 Å². The molecule has 1 fully saturated rings. The first-order chi connectivity index (χ1) is 8.10. The molecule has 17 heavy (non-hydrogen) atoms. The van der Waals surface area contributed by atoms with Gasteiger partial charge in [0, 0.05) is 5.92 Å². The lowest BCUT2D eigenvalue weighted by Crippen LogP contribution is -1.92. The monoisotopic (exact) mass is 233 g/mol. The fraction of sp³-hybridized carbons (Fsp3) is 0.500. The van der Waals surface area contributed by atoms with Crippen molar-refractivity contribution in [1.29, 1.82) is 0 Å². The topological polar surface area (TPSA) is 78.1 Å². The SMILES string of the molecule is CC1(C)CC1c1noc(-c2ccc(CN)o2)n1. The first-order valence-electron chi connectivity index (χ1n) is 5.73. The molecule has 90 valence electrons. The third kappa shape index (κ3) is 1.76. The predicted molar refractivity (Wildman–Crippen MR) is 61.0 cm³/mol. The lowest BCUT2D eigenvalue weighted by atomic mass is 10.1. The Morgan fingerprint density at radius 1 is 1.47 bits per heavy atom. The fourth-order valence-electron chi connectivity index (χ4n) is 1.99.